The van der Waals surface area contributed by atoms with E-state index in [1.54, 1.807) is 0 Å². The maximum absolute atomic E-state index is 11.3. The van der Waals surface area contributed by atoms with Gasteiger partial charge in [0.15, 0.2) is 6.29 Å². The number of aromatic nitrogens is 1. The van der Waals surface area contributed by atoms with Gasteiger partial charge in [0.1, 0.15) is 0 Å². The third-order valence-corrected chi connectivity index (χ3v) is 5.02. The quantitative estimate of drug-likeness (QED) is 0.809. The molecule has 0 spiro atoms. The maximum atomic E-state index is 11.3. The van der Waals surface area contributed by atoms with E-state index in [-0.39, 0.29) is 0 Å². The van der Waals surface area contributed by atoms with Crippen LogP contribution < -0.4 is 0 Å². The van der Waals surface area contributed by atoms with E-state index >= 15 is 0 Å². The van der Waals surface area contributed by atoms with Crippen LogP contribution in [0, 0.1) is 0 Å². The lowest BCUT2D eigenvalue weighted by molar-refractivity contribution is -0.119. The average Bonchev–Trinajstić information content (AvgIpc) is 2.93. The number of aldehydes is 1. The van der Waals surface area contributed by atoms with Crippen LogP contribution in [-0.4, -0.2) is 60.2 Å². The molecular formula is C17H25N3O2. The summed E-state index contributed by atoms with van der Waals surface area (Å²) in [7, 11) is 0. The Morgan fingerprint density at radius 1 is 1.05 bits per heavy atom. The largest absolute Gasteiger partial charge is 0.356 e. The number of piperazine rings is 1. The standard InChI is InChI=1S/C17H25N3O2/c21-12-17-15(14-4-1-2-6-16(14)18-17)5-3-7-19-8-10-20(13-22)11-9-19/h12-13,18H,1-11H2. The highest BCUT2D eigenvalue weighted by Crippen LogP contribution is 2.27. The van der Waals surface area contributed by atoms with Crippen LogP contribution in [0.2, 0.25) is 0 Å². The number of nitrogens with zero attached hydrogens (tertiary/aromatic N) is 2. The second kappa shape index (κ2) is 7.09. The minimum absolute atomic E-state index is 0.803. The van der Waals surface area contributed by atoms with Gasteiger partial charge in [0, 0.05) is 31.9 Å². The summed E-state index contributed by atoms with van der Waals surface area (Å²) in [6.45, 7) is 4.64. The number of aryl methyl sites for hydroxylation is 1. The lowest BCUT2D eigenvalue weighted by Crippen LogP contribution is -2.45. The van der Waals surface area contributed by atoms with Gasteiger partial charge in [-0.05, 0) is 56.2 Å². The fourth-order valence-electron chi connectivity index (χ4n) is 3.73. The normalized spacial score (nSPS) is 19.0. The number of H-pyrrole nitrogens is 1. The van der Waals surface area contributed by atoms with Gasteiger partial charge in [-0.2, -0.15) is 0 Å². The van der Waals surface area contributed by atoms with Crippen LogP contribution in [-0.2, 0) is 24.1 Å². The van der Waals surface area contributed by atoms with Crippen LogP contribution in [0.25, 0.3) is 0 Å². The monoisotopic (exact) mass is 303 g/mol. The molecule has 0 bridgehead atoms. The first kappa shape index (κ1) is 15.3. The molecule has 0 aromatic carbocycles. The molecule has 0 radical (unpaired) electrons. The molecule has 1 amide bonds. The lowest BCUT2D eigenvalue weighted by atomic mass is 9.92. The molecule has 0 saturated carbocycles. The molecule has 1 aliphatic heterocycles. The van der Waals surface area contributed by atoms with Gasteiger partial charge in [0.25, 0.3) is 0 Å². The first-order valence-corrected chi connectivity index (χ1v) is 8.41. The zero-order chi connectivity index (χ0) is 15.4. The summed E-state index contributed by atoms with van der Waals surface area (Å²) < 4.78 is 0. The van der Waals surface area contributed by atoms with E-state index in [9.17, 15) is 9.59 Å². The Hall–Kier alpha value is -1.62. The summed E-state index contributed by atoms with van der Waals surface area (Å²) in [5, 5.41) is 0. The van der Waals surface area contributed by atoms with Gasteiger partial charge in [-0.25, -0.2) is 0 Å². The van der Waals surface area contributed by atoms with Crippen LogP contribution in [0.15, 0.2) is 0 Å². The highest BCUT2D eigenvalue weighted by atomic mass is 16.1. The molecule has 3 rings (SSSR count). The van der Waals surface area contributed by atoms with E-state index in [1.165, 1.54) is 29.7 Å². The topological polar surface area (TPSA) is 56.4 Å². The molecule has 1 N–H and O–H groups in total. The van der Waals surface area contributed by atoms with Crippen molar-refractivity contribution in [2.24, 2.45) is 0 Å². The number of nitrogens with one attached hydrogen (secondary N) is 1. The Kier molecular flexibility index (Phi) is 4.93. The number of fused-ring (bicyclic) bond motifs is 1. The summed E-state index contributed by atoms with van der Waals surface area (Å²) in [4.78, 5) is 29.6. The highest BCUT2D eigenvalue weighted by Gasteiger charge is 2.20. The molecule has 5 heteroatoms. The van der Waals surface area contributed by atoms with Gasteiger partial charge in [0.2, 0.25) is 6.41 Å². The Morgan fingerprint density at radius 3 is 2.55 bits per heavy atom. The molecule has 1 aromatic heterocycles. The van der Waals surface area contributed by atoms with Crippen LogP contribution >= 0.6 is 0 Å². The SMILES string of the molecule is O=Cc1[nH]c2c(c1CCCN1CCN(C=O)CC1)CCCC2. The van der Waals surface area contributed by atoms with Crippen LogP contribution in [0.5, 0.6) is 0 Å². The summed E-state index contributed by atoms with van der Waals surface area (Å²) in [5.41, 5.74) is 4.77. The molecule has 5 nitrogen and oxygen atoms in total. The van der Waals surface area contributed by atoms with E-state index in [0.717, 1.165) is 76.8 Å². The smallest absolute Gasteiger partial charge is 0.209 e. The van der Waals surface area contributed by atoms with E-state index in [1.807, 2.05) is 4.90 Å². The second-order valence-corrected chi connectivity index (χ2v) is 6.39. The van der Waals surface area contributed by atoms with E-state index in [0.29, 0.717) is 0 Å². The third kappa shape index (κ3) is 3.24. The molecule has 0 unspecified atom stereocenters. The van der Waals surface area contributed by atoms with Crippen molar-refractivity contribution in [1.82, 2.24) is 14.8 Å². The van der Waals surface area contributed by atoms with Crippen molar-refractivity contribution >= 4 is 12.7 Å². The van der Waals surface area contributed by atoms with E-state index in [2.05, 4.69) is 9.88 Å². The number of rotatable bonds is 6. The fraction of sp³-hybridized carbons (Fsp3) is 0.647. The molecule has 0 atom stereocenters. The summed E-state index contributed by atoms with van der Waals surface area (Å²) in [6.07, 6.45) is 8.66. The third-order valence-electron chi connectivity index (χ3n) is 5.02. The fourth-order valence-corrected chi connectivity index (χ4v) is 3.73. The summed E-state index contributed by atoms with van der Waals surface area (Å²) in [6, 6.07) is 0. The van der Waals surface area contributed by atoms with Crippen molar-refractivity contribution in [3.8, 4) is 0 Å². The Balaban J connectivity index is 1.54. The second-order valence-electron chi connectivity index (χ2n) is 6.39. The van der Waals surface area contributed by atoms with Crippen LogP contribution in [0.1, 0.15) is 46.6 Å². The van der Waals surface area contributed by atoms with E-state index < -0.39 is 0 Å². The van der Waals surface area contributed by atoms with Crippen molar-refractivity contribution in [3.05, 3.63) is 22.5 Å². The van der Waals surface area contributed by atoms with Crippen LogP contribution in [0.4, 0.5) is 0 Å². The molecular weight excluding hydrogens is 278 g/mol. The van der Waals surface area contributed by atoms with Gasteiger partial charge in [-0.15, -0.1) is 0 Å². The molecule has 1 saturated heterocycles. The van der Waals surface area contributed by atoms with Gasteiger partial charge >= 0.3 is 0 Å². The lowest BCUT2D eigenvalue weighted by Gasteiger charge is -2.32. The van der Waals surface area contributed by atoms with Crippen molar-refractivity contribution in [2.45, 2.75) is 38.5 Å². The van der Waals surface area contributed by atoms with Crippen LogP contribution in [0.3, 0.4) is 0 Å². The van der Waals surface area contributed by atoms with E-state index in [4.69, 9.17) is 0 Å². The highest BCUT2D eigenvalue weighted by molar-refractivity contribution is 5.76. The number of carbonyl (C=O) groups excluding carboxylic acids is 2. The van der Waals surface area contributed by atoms with Gasteiger partial charge in [-0.1, -0.05) is 0 Å². The predicted molar refractivity (Wildman–Crippen MR) is 85.2 cm³/mol. The predicted octanol–water partition coefficient (Wildman–Crippen LogP) is 1.41. The first-order valence-electron chi connectivity index (χ1n) is 8.41. The molecule has 2 heterocycles. The molecule has 1 aromatic rings. The van der Waals surface area contributed by atoms with Crippen molar-refractivity contribution in [1.29, 1.82) is 0 Å². The minimum Gasteiger partial charge on any atom is -0.356 e. The number of hydrogen-bond acceptors (Lipinski definition) is 3. The minimum atomic E-state index is 0.803. The molecule has 2 aliphatic rings. The number of aromatic amines is 1. The summed E-state index contributed by atoms with van der Waals surface area (Å²) in [5.74, 6) is 0. The molecule has 1 aliphatic carbocycles. The van der Waals surface area contributed by atoms with Crippen molar-refractivity contribution < 1.29 is 9.59 Å². The first-order chi connectivity index (χ1) is 10.8. The van der Waals surface area contributed by atoms with Gasteiger partial charge < -0.3 is 9.88 Å². The van der Waals surface area contributed by atoms with Gasteiger partial charge in [0.05, 0.1) is 5.69 Å². The zero-order valence-electron chi connectivity index (χ0n) is 13.1. The Bertz CT molecular complexity index is 530. The van der Waals surface area contributed by atoms with Crippen molar-refractivity contribution in [3.63, 3.8) is 0 Å². The number of hydrogen-bond donors (Lipinski definition) is 1. The zero-order valence-corrected chi connectivity index (χ0v) is 13.1. The average molecular weight is 303 g/mol. The number of amides is 1. The molecule has 22 heavy (non-hydrogen) atoms. The maximum Gasteiger partial charge on any atom is 0.209 e. The van der Waals surface area contributed by atoms with Gasteiger partial charge in [-0.3, -0.25) is 14.5 Å². The molecule has 1 fully saturated rings. The van der Waals surface area contributed by atoms with Crippen molar-refractivity contribution in [2.75, 3.05) is 32.7 Å². The Morgan fingerprint density at radius 2 is 1.82 bits per heavy atom. The Labute approximate surface area is 131 Å². The molecule has 120 valence electrons. The summed E-state index contributed by atoms with van der Waals surface area (Å²) >= 11 is 0. The number of carbonyl (C=O) groups is 2.